The van der Waals surface area contributed by atoms with Crippen LogP contribution in [-0.2, 0) is 0 Å². The van der Waals surface area contributed by atoms with Crippen LogP contribution in [0.1, 0.15) is 11.1 Å². The van der Waals surface area contributed by atoms with E-state index in [1.165, 1.54) is 24.3 Å². The third kappa shape index (κ3) is 3.73. The summed E-state index contributed by atoms with van der Waals surface area (Å²) in [5.41, 5.74) is 1.79. The second-order valence-electron chi connectivity index (χ2n) is 4.57. The molecule has 0 saturated heterocycles. The van der Waals surface area contributed by atoms with Crippen molar-refractivity contribution in [3.63, 3.8) is 0 Å². The van der Waals surface area contributed by atoms with Crippen molar-refractivity contribution in [2.24, 2.45) is 0 Å². The Bertz CT molecular complexity index is 727. The zero-order chi connectivity index (χ0) is 16.3. The molecule has 2 aromatic carbocycles. The molecule has 114 valence electrons. The number of hydrogen-bond acceptors (Lipinski definition) is 5. The Morgan fingerprint density at radius 2 is 1.68 bits per heavy atom. The summed E-state index contributed by atoms with van der Waals surface area (Å²) < 4.78 is 9.97. The highest BCUT2D eigenvalue weighted by Gasteiger charge is 2.13. The number of ether oxygens (including phenoxy) is 2. The number of rotatable bonds is 3. The maximum atomic E-state index is 11.7. The number of nitrogens with zero attached hydrogens (tertiary/aromatic N) is 1. The summed E-state index contributed by atoms with van der Waals surface area (Å²) in [6.45, 7) is 3.75. The van der Waals surface area contributed by atoms with Gasteiger partial charge in [0.2, 0.25) is 0 Å². The van der Waals surface area contributed by atoms with Crippen LogP contribution in [-0.4, -0.2) is 11.1 Å². The quantitative estimate of drug-likeness (QED) is 0.361. The molecule has 2 rings (SSSR count). The third-order valence-electron chi connectivity index (χ3n) is 2.99. The topological polar surface area (TPSA) is 78.7 Å². The fraction of sp³-hybridized carbons (Fsp3) is 0.133. The van der Waals surface area contributed by atoms with Crippen LogP contribution in [0, 0.1) is 24.0 Å². The monoisotopic (exact) mass is 321 g/mol. The largest absolute Gasteiger partial charge is 0.519 e. The molecule has 0 fully saturated rings. The molecule has 0 bridgehead atoms. The number of nitro groups is 1. The fourth-order valence-corrected chi connectivity index (χ4v) is 1.93. The van der Waals surface area contributed by atoms with Crippen molar-refractivity contribution in [3.05, 3.63) is 62.7 Å². The van der Waals surface area contributed by atoms with Gasteiger partial charge in [0.05, 0.1) is 9.95 Å². The van der Waals surface area contributed by atoms with Crippen LogP contribution in [0.15, 0.2) is 36.4 Å². The highest BCUT2D eigenvalue weighted by Crippen LogP contribution is 2.28. The smallest absolute Gasteiger partial charge is 0.395 e. The van der Waals surface area contributed by atoms with E-state index in [0.29, 0.717) is 5.02 Å². The Morgan fingerprint density at radius 1 is 1.09 bits per heavy atom. The standard InChI is InChI=1S/C15H12ClNO5/c1-9-7-13(16)14(8-10(9)2)22-15(18)21-12-5-3-11(4-6-12)17(19)20/h3-8H,1-2H3. The maximum Gasteiger partial charge on any atom is 0.519 e. The van der Waals surface area contributed by atoms with Gasteiger partial charge in [-0.1, -0.05) is 11.6 Å². The molecule has 0 atom stereocenters. The first-order chi connectivity index (χ1) is 10.4. The molecule has 0 saturated carbocycles. The van der Waals surface area contributed by atoms with Crippen molar-refractivity contribution in [1.29, 1.82) is 0 Å². The Morgan fingerprint density at radius 3 is 2.27 bits per heavy atom. The molecular formula is C15H12ClNO5. The molecule has 6 nitrogen and oxygen atoms in total. The van der Waals surface area contributed by atoms with Gasteiger partial charge in [-0.25, -0.2) is 4.79 Å². The molecule has 0 aliphatic heterocycles. The summed E-state index contributed by atoms with van der Waals surface area (Å²) in [4.78, 5) is 21.7. The summed E-state index contributed by atoms with van der Waals surface area (Å²) in [7, 11) is 0. The molecule has 0 N–H and O–H groups in total. The van der Waals surface area contributed by atoms with Gasteiger partial charge in [-0.3, -0.25) is 10.1 Å². The number of nitro benzene ring substituents is 1. The van der Waals surface area contributed by atoms with Gasteiger partial charge in [0.25, 0.3) is 5.69 Å². The molecular weight excluding hydrogens is 310 g/mol. The minimum absolute atomic E-state index is 0.0991. The molecule has 0 unspecified atom stereocenters. The molecule has 0 heterocycles. The van der Waals surface area contributed by atoms with E-state index in [1.807, 2.05) is 13.8 Å². The summed E-state index contributed by atoms with van der Waals surface area (Å²) in [6.07, 6.45) is -0.973. The fourth-order valence-electron chi connectivity index (χ4n) is 1.68. The number of carbonyl (C=O) groups excluding carboxylic acids is 1. The van der Waals surface area contributed by atoms with Crippen LogP contribution in [0.25, 0.3) is 0 Å². The summed E-state index contributed by atoms with van der Waals surface area (Å²) in [6, 6.07) is 8.39. The van der Waals surface area contributed by atoms with Crippen LogP contribution in [0.4, 0.5) is 10.5 Å². The summed E-state index contributed by atoms with van der Waals surface area (Å²) >= 11 is 6.00. The average molecular weight is 322 g/mol. The van der Waals surface area contributed by atoms with E-state index in [1.54, 1.807) is 12.1 Å². The Kier molecular flexibility index (Phi) is 4.62. The lowest BCUT2D eigenvalue weighted by Gasteiger charge is -2.09. The van der Waals surface area contributed by atoms with Gasteiger partial charge in [-0.2, -0.15) is 0 Å². The SMILES string of the molecule is Cc1cc(Cl)c(OC(=O)Oc2ccc([N+](=O)[O-])cc2)cc1C. The van der Waals surface area contributed by atoms with Crippen LogP contribution in [0.2, 0.25) is 5.02 Å². The van der Waals surface area contributed by atoms with E-state index < -0.39 is 11.1 Å². The molecule has 0 aromatic heterocycles. The van der Waals surface area contributed by atoms with Gasteiger partial charge in [-0.05, 0) is 49.2 Å². The zero-order valence-electron chi connectivity index (χ0n) is 11.8. The summed E-state index contributed by atoms with van der Waals surface area (Å²) in [5.74, 6) is 0.326. The van der Waals surface area contributed by atoms with Crippen molar-refractivity contribution in [1.82, 2.24) is 0 Å². The number of hydrogen-bond donors (Lipinski definition) is 0. The van der Waals surface area contributed by atoms with Crippen molar-refractivity contribution >= 4 is 23.4 Å². The second-order valence-corrected chi connectivity index (χ2v) is 4.98. The lowest BCUT2D eigenvalue weighted by atomic mass is 10.1. The number of carbonyl (C=O) groups is 1. The molecule has 2 aromatic rings. The predicted octanol–water partition coefficient (Wildman–Crippen LogP) is 4.44. The molecule has 0 aliphatic rings. The van der Waals surface area contributed by atoms with Crippen LogP contribution in [0.3, 0.4) is 0 Å². The summed E-state index contributed by atoms with van der Waals surface area (Å²) in [5, 5.41) is 10.8. The normalized spacial score (nSPS) is 10.1. The van der Waals surface area contributed by atoms with Crippen LogP contribution >= 0.6 is 11.6 Å². The number of non-ortho nitro benzene ring substituents is 1. The van der Waals surface area contributed by atoms with Gasteiger partial charge in [0, 0.05) is 12.1 Å². The van der Waals surface area contributed by atoms with Gasteiger partial charge in [0.1, 0.15) is 5.75 Å². The second kappa shape index (κ2) is 6.44. The molecule has 0 aliphatic carbocycles. The molecule has 0 radical (unpaired) electrons. The lowest BCUT2D eigenvalue weighted by molar-refractivity contribution is -0.384. The lowest BCUT2D eigenvalue weighted by Crippen LogP contribution is -2.14. The van der Waals surface area contributed by atoms with Gasteiger partial charge in [0.15, 0.2) is 5.75 Å². The minimum atomic E-state index is -0.973. The maximum absolute atomic E-state index is 11.7. The van der Waals surface area contributed by atoms with Crippen molar-refractivity contribution < 1.29 is 19.2 Å². The van der Waals surface area contributed by atoms with Crippen molar-refractivity contribution in [2.75, 3.05) is 0 Å². The average Bonchev–Trinajstić information content (AvgIpc) is 2.45. The highest BCUT2D eigenvalue weighted by molar-refractivity contribution is 6.32. The number of halogens is 1. The first-order valence-electron chi connectivity index (χ1n) is 6.27. The highest BCUT2D eigenvalue weighted by atomic mass is 35.5. The van der Waals surface area contributed by atoms with E-state index in [9.17, 15) is 14.9 Å². The van der Waals surface area contributed by atoms with E-state index in [-0.39, 0.29) is 17.2 Å². The Hall–Kier alpha value is -2.60. The number of benzene rings is 2. The van der Waals surface area contributed by atoms with Gasteiger partial charge < -0.3 is 9.47 Å². The van der Waals surface area contributed by atoms with E-state index in [0.717, 1.165) is 11.1 Å². The van der Waals surface area contributed by atoms with Crippen LogP contribution in [0.5, 0.6) is 11.5 Å². The third-order valence-corrected chi connectivity index (χ3v) is 3.29. The van der Waals surface area contributed by atoms with Crippen LogP contribution < -0.4 is 9.47 Å². The number of aryl methyl sites for hydroxylation is 2. The molecule has 22 heavy (non-hydrogen) atoms. The first-order valence-corrected chi connectivity index (χ1v) is 6.65. The zero-order valence-corrected chi connectivity index (χ0v) is 12.6. The minimum Gasteiger partial charge on any atom is -0.395 e. The molecule has 0 spiro atoms. The molecule has 7 heteroatoms. The molecule has 0 amide bonds. The predicted molar refractivity (Wildman–Crippen MR) is 80.7 cm³/mol. The van der Waals surface area contributed by atoms with Gasteiger partial charge >= 0.3 is 6.16 Å². The van der Waals surface area contributed by atoms with E-state index in [2.05, 4.69) is 0 Å². The van der Waals surface area contributed by atoms with Crippen molar-refractivity contribution in [3.8, 4) is 11.5 Å². The Labute approximate surface area is 131 Å². The Balaban J connectivity index is 2.07. The van der Waals surface area contributed by atoms with E-state index in [4.69, 9.17) is 21.1 Å². The van der Waals surface area contributed by atoms with Gasteiger partial charge in [-0.15, -0.1) is 0 Å². The van der Waals surface area contributed by atoms with Crippen molar-refractivity contribution in [2.45, 2.75) is 13.8 Å². The van der Waals surface area contributed by atoms with E-state index >= 15 is 0 Å². The first kappa shape index (κ1) is 15.8.